The summed E-state index contributed by atoms with van der Waals surface area (Å²) in [5.74, 6) is -0.822. The van der Waals surface area contributed by atoms with E-state index in [0.717, 1.165) is 0 Å². The molecule has 0 aromatic carbocycles. The maximum atomic E-state index is 9.54. The predicted octanol–water partition coefficient (Wildman–Crippen LogP) is 0.317. The molecule has 0 rings (SSSR count). The highest BCUT2D eigenvalue weighted by atomic mass is 16.4. The summed E-state index contributed by atoms with van der Waals surface area (Å²) in [5.41, 5.74) is 0. The molecule has 0 fully saturated rings. The fourth-order valence-corrected chi connectivity index (χ4v) is 0.151. The Balaban J connectivity index is 0. The van der Waals surface area contributed by atoms with E-state index < -0.39 is 5.97 Å². The van der Waals surface area contributed by atoms with Crippen LogP contribution in [0, 0.1) is 0 Å². The van der Waals surface area contributed by atoms with E-state index in [9.17, 15) is 4.79 Å². The van der Waals surface area contributed by atoms with Crippen LogP contribution in [-0.2, 0) is 4.79 Å². The Bertz CT molecular complexity index is 54.4. The van der Waals surface area contributed by atoms with E-state index in [-0.39, 0.29) is 6.54 Å². The van der Waals surface area contributed by atoms with Crippen molar-refractivity contribution in [2.45, 2.75) is 13.8 Å². The molecular weight excluding hydrogens is 106 g/mol. The maximum absolute atomic E-state index is 9.54. The van der Waals surface area contributed by atoms with E-state index in [0.29, 0.717) is 0 Å². The van der Waals surface area contributed by atoms with Crippen molar-refractivity contribution < 1.29 is 9.90 Å². The van der Waals surface area contributed by atoms with Crippen molar-refractivity contribution in [3.05, 3.63) is 0 Å². The summed E-state index contributed by atoms with van der Waals surface area (Å²) in [4.78, 5) is 9.54. The highest BCUT2D eigenvalue weighted by molar-refractivity contribution is 5.68. The van der Waals surface area contributed by atoms with Gasteiger partial charge in [-0.3, -0.25) is 4.79 Å². The summed E-state index contributed by atoms with van der Waals surface area (Å²) >= 11 is 0. The molecule has 0 radical (unpaired) electrons. The number of carboxylic acid groups (broad SMARTS) is 1. The highest BCUT2D eigenvalue weighted by Crippen LogP contribution is 1.50. The molecule has 0 aliphatic heterocycles. The van der Waals surface area contributed by atoms with E-state index in [1.807, 2.05) is 13.8 Å². The molecule has 3 nitrogen and oxygen atoms in total. The van der Waals surface area contributed by atoms with Crippen molar-refractivity contribution in [3.63, 3.8) is 0 Å². The zero-order valence-electron chi connectivity index (χ0n) is 5.56. The van der Waals surface area contributed by atoms with Gasteiger partial charge in [0.2, 0.25) is 0 Å². The average Bonchev–Trinajstić information content (AvgIpc) is 1.72. The van der Waals surface area contributed by atoms with Gasteiger partial charge < -0.3 is 10.4 Å². The van der Waals surface area contributed by atoms with Gasteiger partial charge in [-0.05, 0) is 7.05 Å². The second-order valence-corrected chi connectivity index (χ2v) is 0.924. The Labute approximate surface area is 49.7 Å². The van der Waals surface area contributed by atoms with Gasteiger partial charge in [-0.1, -0.05) is 13.8 Å². The molecule has 8 heavy (non-hydrogen) atoms. The van der Waals surface area contributed by atoms with Crippen LogP contribution in [-0.4, -0.2) is 24.7 Å². The standard InChI is InChI=1S/C3H7NO2.C2H6/c1-4-2-3(5)6;1-2/h4H,2H2,1H3,(H,5,6);1-2H3. The first-order valence-corrected chi connectivity index (χ1v) is 2.63. The average molecular weight is 119 g/mol. The van der Waals surface area contributed by atoms with Crippen LogP contribution in [0.1, 0.15) is 13.8 Å². The summed E-state index contributed by atoms with van der Waals surface area (Å²) < 4.78 is 0. The number of nitrogens with one attached hydrogen (secondary N) is 1. The van der Waals surface area contributed by atoms with Gasteiger partial charge in [-0.15, -0.1) is 0 Å². The SMILES string of the molecule is CC.CNCC(=O)O. The molecule has 0 heterocycles. The molecule has 0 aliphatic rings. The first kappa shape index (κ1) is 10.4. The molecule has 0 aromatic rings. The molecule has 2 N–H and O–H groups in total. The minimum absolute atomic E-state index is 0.0417. The van der Waals surface area contributed by atoms with Crippen LogP contribution in [0.15, 0.2) is 0 Å². The third kappa shape index (κ3) is 18.0. The molecule has 3 heteroatoms. The fourth-order valence-electron chi connectivity index (χ4n) is 0.151. The Morgan fingerprint density at radius 2 is 2.00 bits per heavy atom. The molecular formula is C5H13NO2. The van der Waals surface area contributed by atoms with Crippen molar-refractivity contribution in [2.75, 3.05) is 13.6 Å². The van der Waals surface area contributed by atoms with Gasteiger partial charge in [-0.2, -0.15) is 0 Å². The van der Waals surface area contributed by atoms with Crippen molar-refractivity contribution in [2.24, 2.45) is 0 Å². The van der Waals surface area contributed by atoms with Gasteiger partial charge in [0, 0.05) is 0 Å². The lowest BCUT2D eigenvalue weighted by atomic mass is 10.7. The zero-order valence-corrected chi connectivity index (χ0v) is 5.56. The zero-order chi connectivity index (χ0) is 6.99. The topological polar surface area (TPSA) is 49.3 Å². The van der Waals surface area contributed by atoms with Gasteiger partial charge >= 0.3 is 5.97 Å². The van der Waals surface area contributed by atoms with Crippen LogP contribution in [0.3, 0.4) is 0 Å². The Morgan fingerprint density at radius 1 is 1.62 bits per heavy atom. The van der Waals surface area contributed by atoms with Crippen LogP contribution in [0.2, 0.25) is 0 Å². The largest absolute Gasteiger partial charge is 0.480 e. The van der Waals surface area contributed by atoms with Crippen molar-refractivity contribution in [1.82, 2.24) is 5.32 Å². The summed E-state index contributed by atoms with van der Waals surface area (Å²) in [6, 6.07) is 0. The molecule has 50 valence electrons. The lowest BCUT2D eigenvalue weighted by Crippen LogP contribution is -2.16. The van der Waals surface area contributed by atoms with Gasteiger partial charge in [0.1, 0.15) is 0 Å². The van der Waals surface area contributed by atoms with Crippen LogP contribution in [0.5, 0.6) is 0 Å². The molecule has 0 atom stereocenters. The third-order valence-electron chi connectivity index (χ3n) is 0.328. The van der Waals surface area contributed by atoms with Crippen LogP contribution in [0.4, 0.5) is 0 Å². The molecule has 0 aromatic heterocycles. The van der Waals surface area contributed by atoms with E-state index in [2.05, 4.69) is 5.32 Å². The Hall–Kier alpha value is -0.570. The normalized spacial score (nSPS) is 6.88. The van der Waals surface area contributed by atoms with Crippen molar-refractivity contribution in [3.8, 4) is 0 Å². The third-order valence-corrected chi connectivity index (χ3v) is 0.328. The summed E-state index contributed by atoms with van der Waals surface area (Å²) in [6.45, 7) is 4.04. The monoisotopic (exact) mass is 119 g/mol. The smallest absolute Gasteiger partial charge is 0.317 e. The van der Waals surface area contributed by atoms with Crippen LogP contribution < -0.4 is 5.32 Å². The van der Waals surface area contributed by atoms with E-state index >= 15 is 0 Å². The molecule has 0 saturated carbocycles. The number of rotatable bonds is 2. The minimum Gasteiger partial charge on any atom is -0.480 e. The number of hydrogen-bond acceptors (Lipinski definition) is 2. The summed E-state index contributed by atoms with van der Waals surface area (Å²) in [5, 5.41) is 10.3. The molecule has 0 amide bonds. The second kappa shape index (κ2) is 9.66. The minimum atomic E-state index is -0.822. The molecule has 0 bridgehead atoms. The van der Waals surface area contributed by atoms with Crippen molar-refractivity contribution >= 4 is 5.97 Å². The number of aliphatic carboxylic acids is 1. The molecule has 0 spiro atoms. The number of carboxylic acids is 1. The number of hydrogen-bond donors (Lipinski definition) is 2. The van der Waals surface area contributed by atoms with Crippen molar-refractivity contribution in [1.29, 1.82) is 0 Å². The summed E-state index contributed by atoms with van der Waals surface area (Å²) in [7, 11) is 1.59. The predicted molar refractivity (Wildman–Crippen MR) is 32.9 cm³/mol. The second-order valence-electron chi connectivity index (χ2n) is 0.924. The van der Waals surface area contributed by atoms with Gasteiger partial charge in [0.25, 0.3) is 0 Å². The highest BCUT2D eigenvalue weighted by Gasteiger charge is 1.86. The lowest BCUT2D eigenvalue weighted by molar-refractivity contribution is -0.135. The Morgan fingerprint density at radius 3 is 2.00 bits per heavy atom. The van der Waals surface area contributed by atoms with Crippen LogP contribution >= 0.6 is 0 Å². The quantitative estimate of drug-likeness (QED) is 0.550. The van der Waals surface area contributed by atoms with Gasteiger partial charge in [-0.25, -0.2) is 0 Å². The first-order valence-electron chi connectivity index (χ1n) is 2.63. The molecule has 0 unspecified atom stereocenters. The van der Waals surface area contributed by atoms with E-state index in [4.69, 9.17) is 5.11 Å². The lowest BCUT2D eigenvalue weighted by Gasteiger charge is -1.84. The van der Waals surface area contributed by atoms with Gasteiger partial charge in [0.05, 0.1) is 6.54 Å². The summed E-state index contributed by atoms with van der Waals surface area (Å²) in [6.07, 6.45) is 0. The first-order chi connectivity index (χ1) is 3.77. The Kier molecular flexibility index (Phi) is 12.6. The fraction of sp³-hybridized carbons (Fsp3) is 0.800. The molecule has 0 saturated heterocycles. The van der Waals surface area contributed by atoms with E-state index in [1.165, 1.54) is 0 Å². The van der Waals surface area contributed by atoms with Crippen LogP contribution in [0.25, 0.3) is 0 Å². The van der Waals surface area contributed by atoms with E-state index in [1.54, 1.807) is 7.05 Å². The molecule has 0 aliphatic carbocycles. The van der Waals surface area contributed by atoms with Gasteiger partial charge in [0.15, 0.2) is 0 Å². The maximum Gasteiger partial charge on any atom is 0.317 e. The number of likely N-dealkylation sites (N-methyl/N-ethyl adjacent to an activating group) is 1. The number of carbonyl (C=O) groups is 1.